The smallest absolute Gasteiger partial charge is 0.258 e. The van der Waals surface area contributed by atoms with Gasteiger partial charge in [0.2, 0.25) is 10.0 Å². The Bertz CT molecular complexity index is 1020. The summed E-state index contributed by atoms with van der Waals surface area (Å²) in [5.74, 6) is 0. The predicted molar refractivity (Wildman–Crippen MR) is 101 cm³/mol. The molecule has 2 aromatic carbocycles. The number of nitrogens with one attached hydrogen (secondary N) is 1. The summed E-state index contributed by atoms with van der Waals surface area (Å²) in [5, 5.41) is 12.9. The summed E-state index contributed by atoms with van der Waals surface area (Å²) in [7, 11) is -3.97. The van der Waals surface area contributed by atoms with Gasteiger partial charge in [-0.05, 0) is 29.5 Å². The van der Waals surface area contributed by atoms with Crippen molar-refractivity contribution in [2.45, 2.75) is 17.9 Å². The Morgan fingerprint density at radius 3 is 2.42 bits per heavy atom. The Kier molecular flexibility index (Phi) is 5.17. The van der Waals surface area contributed by atoms with Gasteiger partial charge in [-0.2, -0.15) is 4.72 Å². The van der Waals surface area contributed by atoms with Crippen LogP contribution in [0.4, 0.5) is 5.69 Å². The summed E-state index contributed by atoms with van der Waals surface area (Å²) in [6.45, 7) is 1.61. The number of nitrogens with zero attached hydrogens (tertiary/aromatic N) is 1. The lowest BCUT2D eigenvalue weighted by atomic mass is 10.1. The highest BCUT2D eigenvalue weighted by atomic mass is 32.2. The Labute approximate surface area is 155 Å². The average molecular weight is 388 g/mol. The van der Waals surface area contributed by atoms with Crippen LogP contribution >= 0.6 is 11.3 Å². The van der Waals surface area contributed by atoms with Crippen molar-refractivity contribution in [1.82, 2.24) is 4.72 Å². The van der Waals surface area contributed by atoms with Gasteiger partial charge in [0.15, 0.2) is 0 Å². The summed E-state index contributed by atoms with van der Waals surface area (Å²) >= 11 is 1.44. The van der Waals surface area contributed by atoms with E-state index in [1.165, 1.54) is 23.5 Å². The lowest BCUT2D eigenvalue weighted by Gasteiger charge is -2.19. The maximum Gasteiger partial charge on any atom is 0.270 e. The van der Waals surface area contributed by atoms with Crippen molar-refractivity contribution in [2.75, 3.05) is 0 Å². The third-order valence-electron chi connectivity index (χ3n) is 3.91. The van der Waals surface area contributed by atoms with E-state index in [1.807, 2.05) is 47.8 Å². The first-order valence-electron chi connectivity index (χ1n) is 7.74. The first kappa shape index (κ1) is 18.2. The number of non-ortho nitro benzene ring substituents is 1. The van der Waals surface area contributed by atoms with Gasteiger partial charge in [-0.15, -0.1) is 11.3 Å². The molecular formula is C18H16N2O4S2. The predicted octanol–water partition coefficient (Wildman–Crippen LogP) is 4.03. The number of aryl methyl sites for hydroxylation is 1. The SMILES string of the molecule is Cc1ccc([N+](=O)[O-])cc1S(=O)(=O)N[C@H](c1ccccc1)c1cccs1. The summed E-state index contributed by atoms with van der Waals surface area (Å²) < 4.78 is 28.7. The van der Waals surface area contributed by atoms with Crippen molar-refractivity contribution in [1.29, 1.82) is 0 Å². The van der Waals surface area contributed by atoms with Gasteiger partial charge in [-0.1, -0.05) is 42.5 Å². The number of rotatable bonds is 6. The van der Waals surface area contributed by atoms with E-state index in [4.69, 9.17) is 0 Å². The number of hydrogen-bond donors (Lipinski definition) is 1. The fraction of sp³-hybridized carbons (Fsp3) is 0.111. The molecule has 0 saturated carbocycles. The van der Waals surface area contributed by atoms with E-state index in [0.29, 0.717) is 5.56 Å². The Morgan fingerprint density at radius 1 is 1.08 bits per heavy atom. The molecular weight excluding hydrogens is 372 g/mol. The quantitative estimate of drug-likeness (QED) is 0.510. The lowest BCUT2D eigenvalue weighted by Crippen LogP contribution is -2.29. The summed E-state index contributed by atoms with van der Waals surface area (Å²) in [6, 6.07) is 16.2. The monoisotopic (exact) mass is 388 g/mol. The van der Waals surface area contributed by atoms with E-state index in [9.17, 15) is 18.5 Å². The molecule has 1 N–H and O–H groups in total. The molecule has 134 valence electrons. The molecule has 0 fully saturated rings. The molecule has 0 amide bonds. The number of nitro benzene ring substituents is 1. The highest BCUT2D eigenvalue weighted by Gasteiger charge is 2.26. The van der Waals surface area contributed by atoms with Crippen LogP contribution in [0.3, 0.4) is 0 Å². The fourth-order valence-corrected chi connectivity index (χ4v) is 4.95. The van der Waals surface area contributed by atoms with Crippen molar-refractivity contribution in [3.8, 4) is 0 Å². The highest BCUT2D eigenvalue weighted by molar-refractivity contribution is 7.89. The first-order chi connectivity index (χ1) is 12.4. The van der Waals surface area contributed by atoms with Crippen LogP contribution in [0.2, 0.25) is 0 Å². The lowest BCUT2D eigenvalue weighted by molar-refractivity contribution is -0.385. The number of benzene rings is 2. The van der Waals surface area contributed by atoms with Crippen LogP contribution in [0.15, 0.2) is 70.9 Å². The molecule has 0 aliphatic heterocycles. The fourth-order valence-electron chi connectivity index (χ4n) is 2.60. The third kappa shape index (κ3) is 3.82. The van der Waals surface area contributed by atoms with Crippen LogP contribution in [0, 0.1) is 17.0 Å². The maximum absolute atomic E-state index is 13.0. The van der Waals surface area contributed by atoms with Gasteiger partial charge in [0, 0.05) is 17.0 Å². The maximum atomic E-state index is 13.0. The minimum Gasteiger partial charge on any atom is -0.258 e. The average Bonchev–Trinajstić information content (AvgIpc) is 3.15. The van der Waals surface area contributed by atoms with Crippen molar-refractivity contribution in [3.63, 3.8) is 0 Å². The molecule has 1 atom stereocenters. The highest BCUT2D eigenvalue weighted by Crippen LogP contribution is 2.29. The topological polar surface area (TPSA) is 89.3 Å². The normalized spacial score (nSPS) is 12.7. The van der Waals surface area contributed by atoms with Crippen LogP contribution in [0.1, 0.15) is 22.0 Å². The van der Waals surface area contributed by atoms with E-state index < -0.39 is 21.0 Å². The second-order valence-electron chi connectivity index (χ2n) is 5.69. The molecule has 0 bridgehead atoms. The van der Waals surface area contributed by atoms with Gasteiger partial charge in [-0.3, -0.25) is 10.1 Å². The van der Waals surface area contributed by atoms with Crippen LogP contribution in [-0.2, 0) is 10.0 Å². The second-order valence-corrected chi connectivity index (χ2v) is 8.35. The van der Waals surface area contributed by atoms with Gasteiger partial charge in [0.25, 0.3) is 5.69 Å². The minimum absolute atomic E-state index is 0.0933. The van der Waals surface area contributed by atoms with Crippen LogP contribution < -0.4 is 4.72 Å². The number of sulfonamides is 1. The zero-order valence-corrected chi connectivity index (χ0v) is 15.5. The van der Waals surface area contributed by atoms with E-state index in [2.05, 4.69) is 4.72 Å². The molecule has 1 heterocycles. The van der Waals surface area contributed by atoms with Gasteiger partial charge in [0.05, 0.1) is 15.9 Å². The molecule has 0 saturated heterocycles. The van der Waals surface area contributed by atoms with E-state index in [0.717, 1.165) is 16.5 Å². The van der Waals surface area contributed by atoms with E-state index in [-0.39, 0.29) is 10.6 Å². The zero-order chi connectivity index (χ0) is 18.7. The van der Waals surface area contributed by atoms with Crippen molar-refractivity contribution < 1.29 is 13.3 Å². The summed E-state index contributed by atoms with van der Waals surface area (Å²) in [4.78, 5) is 11.2. The molecule has 0 aliphatic carbocycles. The zero-order valence-electron chi connectivity index (χ0n) is 13.8. The van der Waals surface area contributed by atoms with Crippen molar-refractivity contribution in [2.24, 2.45) is 0 Å². The molecule has 0 radical (unpaired) electrons. The molecule has 3 aromatic rings. The summed E-state index contributed by atoms with van der Waals surface area (Å²) in [6.07, 6.45) is 0. The standard InChI is InChI=1S/C18H16N2O4S2/c1-13-9-10-15(20(21)22)12-17(13)26(23,24)19-18(16-8-5-11-25-16)14-6-3-2-4-7-14/h2-12,18-19H,1H3/t18-/m1/s1. The molecule has 1 aromatic heterocycles. The Balaban J connectivity index is 2.04. The van der Waals surface area contributed by atoms with Gasteiger partial charge in [0.1, 0.15) is 0 Å². The van der Waals surface area contributed by atoms with Crippen molar-refractivity contribution in [3.05, 3.63) is 92.2 Å². The summed E-state index contributed by atoms with van der Waals surface area (Å²) in [5.41, 5.74) is 0.978. The second kappa shape index (κ2) is 7.36. The Morgan fingerprint density at radius 2 is 1.81 bits per heavy atom. The molecule has 26 heavy (non-hydrogen) atoms. The molecule has 0 aliphatic rings. The minimum atomic E-state index is -3.97. The van der Waals surface area contributed by atoms with Crippen molar-refractivity contribution >= 4 is 27.0 Å². The number of nitro groups is 1. The van der Waals surface area contributed by atoms with Gasteiger partial charge in [-0.25, -0.2) is 8.42 Å². The molecule has 3 rings (SSSR count). The molecule has 8 heteroatoms. The van der Waals surface area contributed by atoms with Gasteiger partial charge < -0.3 is 0 Å². The van der Waals surface area contributed by atoms with E-state index in [1.54, 1.807) is 6.92 Å². The van der Waals surface area contributed by atoms with Gasteiger partial charge >= 0.3 is 0 Å². The number of hydrogen-bond acceptors (Lipinski definition) is 5. The molecule has 0 unspecified atom stereocenters. The van der Waals surface area contributed by atoms with E-state index >= 15 is 0 Å². The largest absolute Gasteiger partial charge is 0.270 e. The molecule has 0 spiro atoms. The molecule has 6 nitrogen and oxygen atoms in total. The van der Waals surface area contributed by atoms with Crippen LogP contribution in [0.25, 0.3) is 0 Å². The van der Waals surface area contributed by atoms with Crippen LogP contribution in [-0.4, -0.2) is 13.3 Å². The third-order valence-corrected chi connectivity index (χ3v) is 6.41. The Hall–Kier alpha value is -2.55. The first-order valence-corrected chi connectivity index (χ1v) is 10.1. The van der Waals surface area contributed by atoms with Crippen LogP contribution in [0.5, 0.6) is 0 Å². The number of thiophene rings is 1.